The zero-order valence-electron chi connectivity index (χ0n) is 12.0. The number of benzene rings is 1. The van der Waals surface area contributed by atoms with Crippen molar-refractivity contribution < 1.29 is 19.4 Å². The van der Waals surface area contributed by atoms with Gasteiger partial charge in [0.15, 0.2) is 0 Å². The molecule has 1 aromatic rings. The van der Waals surface area contributed by atoms with E-state index in [4.69, 9.17) is 9.47 Å². The van der Waals surface area contributed by atoms with Gasteiger partial charge in [0.2, 0.25) is 0 Å². The van der Waals surface area contributed by atoms with Crippen molar-refractivity contribution in [1.82, 2.24) is 4.90 Å². The normalized spacial score (nSPS) is 22.7. The summed E-state index contributed by atoms with van der Waals surface area (Å²) in [7, 11) is 1.62. The monoisotopic (exact) mass is 279 g/mol. The van der Waals surface area contributed by atoms with Gasteiger partial charge in [-0.05, 0) is 50.6 Å². The Kier molecular flexibility index (Phi) is 4.49. The highest BCUT2D eigenvalue weighted by molar-refractivity contribution is 5.78. The van der Waals surface area contributed by atoms with E-state index in [1.807, 2.05) is 29.2 Å². The molecule has 1 heterocycles. The summed E-state index contributed by atoms with van der Waals surface area (Å²) in [6, 6.07) is 7.37. The molecule has 2 rings (SSSR count). The highest BCUT2D eigenvalue weighted by atomic mass is 16.5. The fourth-order valence-electron chi connectivity index (χ4n) is 2.57. The van der Waals surface area contributed by atoms with Gasteiger partial charge in [-0.25, -0.2) is 0 Å². The fraction of sp³-hybridized carbons (Fsp3) is 0.533. The zero-order chi connectivity index (χ0) is 14.6. The molecular formula is C15H21NO4. The molecule has 0 radical (unpaired) electrons. The van der Waals surface area contributed by atoms with Gasteiger partial charge in [-0.1, -0.05) is 0 Å². The Bertz CT molecular complexity index is 459. The number of carboxylic acid groups (broad SMARTS) is 1. The highest BCUT2D eigenvalue weighted by Crippen LogP contribution is 2.28. The molecule has 5 nitrogen and oxygen atoms in total. The maximum absolute atomic E-state index is 11.3. The summed E-state index contributed by atoms with van der Waals surface area (Å²) >= 11 is 0. The number of rotatable bonds is 6. The minimum Gasteiger partial charge on any atom is -0.497 e. The first-order valence-electron chi connectivity index (χ1n) is 6.81. The molecule has 0 saturated carbocycles. The number of ether oxygens (including phenoxy) is 2. The van der Waals surface area contributed by atoms with Crippen molar-refractivity contribution in [3.63, 3.8) is 0 Å². The van der Waals surface area contributed by atoms with E-state index >= 15 is 0 Å². The summed E-state index contributed by atoms with van der Waals surface area (Å²) in [6.45, 7) is 3.70. The molecule has 1 unspecified atom stereocenters. The van der Waals surface area contributed by atoms with Crippen molar-refractivity contribution in [2.75, 3.05) is 26.8 Å². The first-order chi connectivity index (χ1) is 9.56. The van der Waals surface area contributed by atoms with Crippen LogP contribution in [0.25, 0.3) is 0 Å². The Morgan fingerprint density at radius 2 is 2.00 bits per heavy atom. The Balaban J connectivity index is 1.84. The van der Waals surface area contributed by atoms with E-state index in [-0.39, 0.29) is 0 Å². The van der Waals surface area contributed by atoms with Crippen molar-refractivity contribution in [3.05, 3.63) is 24.3 Å². The van der Waals surface area contributed by atoms with Crippen LogP contribution in [-0.4, -0.2) is 48.3 Å². The van der Waals surface area contributed by atoms with Crippen molar-refractivity contribution in [3.8, 4) is 11.5 Å². The lowest BCUT2D eigenvalue weighted by atomic mass is 9.99. The lowest BCUT2D eigenvalue weighted by Gasteiger charge is -2.30. The van der Waals surface area contributed by atoms with E-state index < -0.39 is 11.5 Å². The van der Waals surface area contributed by atoms with Gasteiger partial charge in [0.1, 0.15) is 23.6 Å². The molecule has 0 spiro atoms. The zero-order valence-corrected chi connectivity index (χ0v) is 12.0. The molecule has 1 aliphatic heterocycles. The number of carboxylic acids is 1. The first-order valence-corrected chi connectivity index (χ1v) is 6.81. The number of hydrogen-bond donors (Lipinski definition) is 1. The van der Waals surface area contributed by atoms with Crippen LogP contribution in [0.3, 0.4) is 0 Å². The summed E-state index contributed by atoms with van der Waals surface area (Å²) in [6.07, 6.45) is 1.62. The summed E-state index contributed by atoms with van der Waals surface area (Å²) in [4.78, 5) is 13.3. The van der Waals surface area contributed by atoms with Crippen LogP contribution >= 0.6 is 0 Å². The number of carbonyl (C=O) groups is 1. The maximum Gasteiger partial charge on any atom is 0.323 e. The molecule has 110 valence electrons. The van der Waals surface area contributed by atoms with Crippen LogP contribution in [0.2, 0.25) is 0 Å². The van der Waals surface area contributed by atoms with Crippen molar-refractivity contribution in [1.29, 1.82) is 0 Å². The van der Waals surface area contributed by atoms with E-state index in [9.17, 15) is 9.90 Å². The van der Waals surface area contributed by atoms with Crippen LogP contribution in [0.5, 0.6) is 11.5 Å². The largest absolute Gasteiger partial charge is 0.497 e. The van der Waals surface area contributed by atoms with E-state index in [0.29, 0.717) is 19.6 Å². The smallest absolute Gasteiger partial charge is 0.323 e. The Morgan fingerprint density at radius 1 is 1.35 bits per heavy atom. The van der Waals surface area contributed by atoms with Crippen LogP contribution < -0.4 is 9.47 Å². The lowest BCUT2D eigenvalue weighted by Crippen LogP contribution is -2.49. The number of nitrogens with zero attached hydrogens (tertiary/aromatic N) is 1. The van der Waals surface area contributed by atoms with Gasteiger partial charge in [-0.2, -0.15) is 0 Å². The van der Waals surface area contributed by atoms with Crippen molar-refractivity contribution >= 4 is 5.97 Å². The van der Waals surface area contributed by atoms with Crippen molar-refractivity contribution in [2.24, 2.45) is 0 Å². The van der Waals surface area contributed by atoms with E-state index in [0.717, 1.165) is 24.5 Å². The standard InChI is InChI=1S/C15H21NO4/c1-15(14(17)18)8-3-9-16(15)10-11-20-13-6-4-12(19-2)5-7-13/h4-7H,3,8-11H2,1-2H3,(H,17,18). The predicted molar refractivity (Wildman–Crippen MR) is 75.3 cm³/mol. The molecule has 1 aliphatic rings. The molecule has 1 aromatic carbocycles. The van der Waals surface area contributed by atoms with Crippen LogP contribution in [0.1, 0.15) is 19.8 Å². The van der Waals surface area contributed by atoms with Gasteiger partial charge in [0, 0.05) is 6.54 Å². The van der Waals surface area contributed by atoms with Crippen LogP contribution in [0, 0.1) is 0 Å². The number of likely N-dealkylation sites (tertiary alicyclic amines) is 1. The lowest BCUT2D eigenvalue weighted by molar-refractivity contribution is -0.148. The topological polar surface area (TPSA) is 59.0 Å². The fourth-order valence-corrected chi connectivity index (χ4v) is 2.57. The Morgan fingerprint density at radius 3 is 2.60 bits per heavy atom. The molecule has 0 aliphatic carbocycles. The van der Waals surface area contributed by atoms with E-state index in [1.165, 1.54) is 0 Å². The van der Waals surface area contributed by atoms with E-state index in [2.05, 4.69) is 0 Å². The molecular weight excluding hydrogens is 258 g/mol. The third-order valence-electron chi connectivity index (χ3n) is 3.94. The van der Waals surface area contributed by atoms with Crippen molar-refractivity contribution in [2.45, 2.75) is 25.3 Å². The van der Waals surface area contributed by atoms with Gasteiger partial charge in [0.25, 0.3) is 0 Å². The molecule has 1 N–H and O–H groups in total. The van der Waals surface area contributed by atoms with Gasteiger partial charge in [0.05, 0.1) is 7.11 Å². The predicted octanol–water partition coefficient (Wildman–Crippen LogP) is 2.01. The summed E-state index contributed by atoms with van der Waals surface area (Å²) < 4.78 is 10.7. The summed E-state index contributed by atoms with van der Waals surface area (Å²) in [5, 5.41) is 9.32. The Labute approximate surface area is 119 Å². The molecule has 5 heteroatoms. The third-order valence-corrected chi connectivity index (χ3v) is 3.94. The molecule has 0 amide bonds. The molecule has 1 fully saturated rings. The average molecular weight is 279 g/mol. The second kappa shape index (κ2) is 6.13. The SMILES string of the molecule is COc1ccc(OCCN2CCCC2(C)C(=O)O)cc1. The number of hydrogen-bond acceptors (Lipinski definition) is 4. The Hall–Kier alpha value is -1.75. The van der Waals surface area contributed by atoms with Crippen LogP contribution in [0.4, 0.5) is 0 Å². The second-order valence-corrected chi connectivity index (χ2v) is 5.19. The van der Waals surface area contributed by atoms with Gasteiger partial charge in [-0.15, -0.1) is 0 Å². The summed E-state index contributed by atoms with van der Waals surface area (Å²) in [5.41, 5.74) is -0.747. The third kappa shape index (κ3) is 3.04. The first kappa shape index (κ1) is 14.7. The molecule has 1 atom stereocenters. The molecule has 20 heavy (non-hydrogen) atoms. The minimum atomic E-state index is -0.751. The molecule has 0 bridgehead atoms. The van der Waals surface area contributed by atoms with Crippen LogP contribution in [0.15, 0.2) is 24.3 Å². The number of methoxy groups -OCH3 is 1. The van der Waals surface area contributed by atoms with E-state index in [1.54, 1.807) is 14.0 Å². The van der Waals surface area contributed by atoms with Gasteiger partial charge in [-0.3, -0.25) is 9.69 Å². The minimum absolute atomic E-state index is 0.481. The summed E-state index contributed by atoms with van der Waals surface area (Å²) in [5.74, 6) is 0.803. The molecule has 0 aromatic heterocycles. The molecule has 1 saturated heterocycles. The second-order valence-electron chi connectivity index (χ2n) is 5.19. The average Bonchev–Trinajstić information content (AvgIpc) is 2.82. The van der Waals surface area contributed by atoms with Gasteiger partial charge < -0.3 is 14.6 Å². The highest BCUT2D eigenvalue weighted by Gasteiger charge is 2.42. The number of aliphatic carboxylic acids is 1. The van der Waals surface area contributed by atoms with Gasteiger partial charge >= 0.3 is 5.97 Å². The quantitative estimate of drug-likeness (QED) is 0.863. The van der Waals surface area contributed by atoms with Crippen LogP contribution in [-0.2, 0) is 4.79 Å². The maximum atomic E-state index is 11.3.